The zero-order valence-corrected chi connectivity index (χ0v) is 7.73. The van der Waals surface area contributed by atoms with Crippen molar-refractivity contribution in [1.29, 1.82) is 0 Å². The summed E-state index contributed by atoms with van der Waals surface area (Å²) < 4.78 is 7.62. The first kappa shape index (κ1) is 9.75. The summed E-state index contributed by atoms with van der Waals surface area (Å²) in [6.45, 7) is 2.81. The fourth-order valence-electron chi connectivity index (χ4n) is 0.468. The van der Waals surface area contributed by atoms with Crippen LogP contribution in [0.1, 0.15) is 19.8 Å². The van der Waals surface area contributed by atoms with Crippen molar-refractivity contribution in [2.45, 2.75) is 19.8 Å². The van der Waals surface area contributed by atoms with Crippen molar-refractivity contribution in [3.63, 3.8) is 0 Å². The van der Waals surface area contributed by atoms with E-state index < -0.39 is 0 Å². The Kier molecular flexibility index (Phi) is 6.69. The van der Waals surface area contributed by atoms with Crippen LogP contribution in [-0.4, -0.2) is 28.0 Å². The fraction of sp³-hybridized carbons (Fsp3) is 0.800. The summed E-state index contributed by atoms with van der Waals surface area (Å²) in [7, 11) is 0. The van der Waals surface area contributed by atoms with Crippen LogP contribution in [0.4, 0.5) is 4.79 Å². The van der Waals surface area contributed by atoms with Gasteiger partial charge >= 0.3 is 66.9 Å². The molecule has 0 saturated carbocycles. The molecule has 0 aromatic heterocycles. The molecule has 0 atom stereocenters. The first-order chi connectivity index (χ1) is 4.81. The van der Waals surface area contributed by atoms with E-state index in [1.807, 2.05) is 0 Å². The molecule has 4 N–H and O–H groups in total. The number of amides is 2. The van der Waals surface area contributed by atoms with Crippen molar-refractivity contribution in [2.24, 2.45) is 4.75 Å². The Morgan fingerprint density at radius 1 is 1.70 bits per heavy atom. The van der Waals surface area contributed by atoms with E-state index in [0.717, 1.165) is 19.4 Å². The fourth-order valence-corrected chi connectivity index (χ4v) is 0.844. The predicted molar refractivity (Wildman–Crippen MR) is 41.4 cm³/mol. The molecule has 0 rings (SSSR count). The molecular formula is C5H13N3OSe. The minimum absolute atomic E-state index is 0.157. The number of hydrogen-bond acceptors (Lipinski definition) is 2. The number of unbranched alkanes of at least 4 members (excludes halogenated alkanes) is 1. The van der Waals surface area contributed by atoms with Gasteiger partial charge in [0.05, 0.1) is 0 Å². The van der Waals surface area contributed by atoms with Gasteiger partial charge in [0.2, 0.25) is 0 Å². The van der Waals surface area contributed by atoms with Gasteiger partial charge in [0.15, 0.2) is 0 Å². The Morgan fingerprint density at radius 3 is 2.90 bits per heavy atom. The van der Waals surface area contributed by atoms with E-state index in [1.54, 1.807) is 0 Å². The van der Waals surface area contributed by atoms with Gasteiger partial charge in [-0.2, -0.15) is 0 Å². The molecule has 0 fully saturated rings. The van der Waals surface area contributed by atoms with Gasteiger partial charge < -0.3 is 0 Å². The number of carbonyl (C=O) groups is 1. The van der Waals surface area contributed by atoms with Crippen molar-refractivity contribution in [2.75, 3.05) is 6.54 Å². The molecule has 0 heterocycles. The van der Waals surface area contributed by atoms with Gasteiger partial charge in [-0.05, 0) is 0 Å². The van der Waals surface area contributed by atoms with Crippen molar-refractivity contribution in [1.82, 2.24) is 9.65 Å². The Hall–Kier alpha value is -0.251. The summed E-state index contributed by atoms with van der Waals surface area (Å²) in [6, 6.07) is -0.157. The van der Waals surface area contributed by atoms with Crippen molar-refractivity contribution in [3.05, 3.63) is 0 Å². The van der Waals surface area contributed by atoms with Gasteiger partial charge in [-0.15, -0.1) is 0 Å². The minimum atomic E-state index is -0.268. The molecule has 0 radical (unpaired) electrons. The van der Waals surface area contributed by atoms with E-state index in [1.165, 1.54) is 0 Å². The molecular weight excluding hydrogens is 197 g/mol. The van der Waals surface area contributed by atoms with Crippen LogP contribution in [0.15, 0.2) is 0 Å². The molecule has 2 amide bonds. The molecule has 0 aromatic carbocycles. The molecule has 10 heavy (non-hydrogen) atoms. The molecule has 0 saturated heterocycles. The van der Waals surface area contributed by atoms with Crippen molar-refractivity contribution >= 4 is 21.4 Å². The van der Waals surface area contributed by atoms with E-state index >= 15 is 0 Å². The SMILES string of the molecule is CCCCNC(=O)N[Se]N. The van der Waals surface area contributed by atoms with Crippen molar-refractivity contribution in [3.8, 4) is 0 Å². The van der Waals surface area contributed by atoms with Crippen LogP contribution < -0.4 is 14.4 Å². The molecule has 0 aromatic rings. The maximum atomic E-state index is 10.6. The molecule has 0 aliphatic carbocycles. The molecule has 60 valence electrons. The Morgan fingerprint density at radius 2 is 2.40 bits per heavy atom. The molecule has 5 heteroatoms. The number of rotatable bonds is 4. The third-order valence-corrected chi connectivity index (χ3v) is 1.60. The van der Waals surface area contributed by atoms with Crippen LogP contribution in [0.5, 0.6) is 0 Å². The number of nitrogens with one attached hydrogen (secondary N) is 2. The number of nitrogens with two attached hydrogens (primary N) is 1. The van der Waals surface area contributed by atoms with E-state index in [2.05, 4.69) is 16.6 Å². The Balaban J connectivity index is 3.05. The quantitative estimate of drug-likeness (QED) is 0.435. The first-order valence-electron chi connectivity index (χ1n) is 3.20. The predicted octanol–water partition coefficient (Wildman–Crippen LogP) is -0.421. The average Bonchev–Trinajstić information content (AvgIpc) is 1.89. The molecule has 0 aliphatic heterocycles. The zero-order valence-electron chi connectivity index (χ0n) is 6.02. The number of carbonyl (C=O) groups excluding carboxylic acids is 1. The average molecular weight is 210 g/mol. The standard InChI is InChI=1S/C5H13N3OSe/c1-2-3-4-7-5(9)8-10-6/h2-4,6H2,1H3,(H2,7,8,9). The van der Waals surface area contributed by atoms with Gasteiger partial charge in [-0.3, -0.25) is 0 Å². The summed E-state index contributed by atoms with van der Waals surface area (Å²) >= 11 is -0.268. The first-order valence-corrected chi connectivity index (χ1v) is 5.05. The number of urea groups is 1. The van der Waals surface area contributed by atoms with E-state index in [-0.39, 0.29) is 21.4 Å². The van der Waals surface area contributed by atoms with Gasteiger partial charge in [0.25, 0.3) is 0 Å². The molecule has 4 nitrogen and oxygen atoms in total. The van der Waals surface area contributed by atoms with E-state index in [9.17, 15) is 4.79 Å². The number of hydrogen-bond donors (Lipinski definition) is 3. The van der Waals surface area contributed by atoms with Gasteiger partial charge in [0, 0.05) is 0 Å². The second kappa shape index (κ2) is 6.86. The summed E-state index contributed by atoms with van der Waals surface area (Å²) in [5.74, 6) is 0. The summed E-state index contributed by atoms with van der Waals surface area (Å²) in [4.78, 5) is 10.6. The second-order valence-corrected chi connectivity index (χ2v) is 2.75. The van der Waals surface area contributed by atoms with Gasteiger partial charge in [-0.1, -0.05) is 0 Å². The Labute approximate surface area is 67.5 Å². The van der Waals surface area contributed by atoms with Crippen LogP contribution >= 0.6 is 0 Å². The van der Waals surface area contributed by atoms with Gasteiger partial charge in [0.1, 0.15) is 0 Å². The third kappa shape index (κ3) is 5.88. The molecule has 0 bridgehead atoms. The van der Waals surface area contributed by atoms with Crippen molar-refractivity contribution < 1.29 is 4.79 Å². The van der Waals surface area contributed by atoms with Crippen LogP contribution in [0.2, 0.25) is 0 Å². The summed E-state index contributed by atoms with van der Waals surface area (Å²) in [6.07, 6.45) is 2.11. The van der Waals surface area contributed by atoms with Crippen LogP contribution in [0.3, 0.4) is 0 Å². The maximum absolute atomic E-state index is 10.6. The normalized spacial score (nSPS) is 9.00. The van der Waals surface area contributed by atoms with E-state index in [0.29, 0.717) is 0 Å². The zero-order chi connectivity index (χ0) is 7.82. The summed E-state index contributed by atoms with van der Waals surface area (Å²) in [5, 5.41) is 2.67. The Bertz CT molecular complexity index is 98.9. The van der Waals surface area contributed by atoms with Crippen LogP contribution in [-0.2, 0) is 0 Å². The van der Waals surface area contributed by atoms with Crippen LogP contribution in [0, 0.1) is 0 Å². The van der Waals surface area contributed by atoms with E-state index in [4.69, 9.17) is 4.75 Å². The molecule has 0 aliphatic rings. The topological polar surface area (TPSA) is 67.2 Å². The van der Waals surface area contributed by atoms with Crippen LogP contribution in [0.25, 0.3) is 0 Å². The second-order valence-electron chi connectivity index (χ2n) is 1.83. The summed E-state index contributed by atoms with van der Waals surface area (Å²) in [5.41, 5.74) is 0. The molecule has 0 unspecified atom stereocenters. The molecule has 0 spiro atoms. The van der Waals surface area contributed by atoms with Gasteiger partial charge in [-0.25, -0.2) is 0 Å². The third-order valence-electron chi connectivity index (χ3n) is 0.968. The monoisotopic (exact) mass is 211 g/mol.